The van der Waals surface area contributed by atoms with E-state index in [1.165, 1.54) is 42.0 Å². The molecule has 0 amide bonds. The van der Waals surface area contributed by atoms with E-state index < -0.39 is 0 Å². The molecule has 2 atom stereocenters. The lowest BCUT2D eigenvalue weighted by atomic mass is 9.98. The fraction of sp³-hybridized carbons (Fsp3) is 0.714. The Balaban J connectivity index is 1.71. The molecule has 1 fully saturated rings. The van der Waals surface area contributed by atoms with Crippen molar-refractivity contribution >= 4 is 11.3 Å². The van der Waals surface area contributed by atoms with E-state index in [0.29, 0.717) is 0 Å². The van der Waals surface area contributed by atoms with Crippen molar-refractivity contribution in [1.82, 2.24) is 5.32 Å². The average Bonchev–Trinajstić information content (AvgIpc) is 2.89. The van der Waals surface area contributed by atoms with Crippen molar-refractivity contribution in [2.75, 3.05) is 6.54 Å². The van der Waals surface area contributed by atoms with Gasteiger partial charge in [0.2, 0.25) is 0 Å². The summed E-state index contributed by atoms with van der Waals surface area (Å²) >= 11 is 1.95. The summed E-state index contributed by atoms with van der Waals surface area (Å²) in [5.74, 6) is 1.85. The second kappa shape index (κ2) is 5.83. The van der Waals surface area contributed by atoms with Crippen molar-refractivity contribution in [3.05, 3.63) is 21.9 Å². The highest BCUT2D eigenvalue weighted by atomic mass is 32.1. The highest BCUT2D eigenvalue weighted by Crippen LogP contribution is 2.30. The van der Waals surface area contributed by atoms with Gasteiger partial charge in [-0.3, -0.25) is 0 Å². The Morgan fingerprint density at radius 2 is 2.12 bits per heavy atom. The van der Waals surface area contributed by atoms with E-state index in [1.807, 2.05) is 11.3 Å². The van der Waals surface area contributed by atoms with Crippen LogP contribution in [0.3, 0.4) is 0 Å². The molecule has 1 saturated carbocycles. The number of aryl methyl sites for hydroxylation is 1. The summed E-state index contributed by atoms with van der Waals surface area (Å²) in [4.78, 5) is 2.99. The van der Waals surface area contributed by atoms with Gasteiger partial charge in [-0.1, -0.05) is 26.7 Å². The summed E-state index contributed by atoms with van der Waals surface area (Å²) in [7, 11) is 0. The zero-order chi connectivity index (χ0) is 11.4. The maximum atomic E-state index is 3.62. The molecule has 1 aromatic heterocycles. The van der Waals surface area contributed by atoms with E-state index in [9.17, 15) is 0 Å². The molecule has 2 unspecified atom stereocenters. The van der Waals surface area contributed by atoms with Crippen LogP contribution in [-0.2, 0) is 13.0 Å². The van der Waals surface area contributed by atoms with Crippen LogP contribution >= 0.6 is 11.3 Å². The van der Waals surface area contributed by atoms with Crippen LogP contribution < -0.4 is 5.32 Å². The molecule has 1 nitrogen and oxygen atoms in total. The van der Waals surface area contributed by atoms with Gasteiger partial charge in [0.05, 0.1) is 0 Å². The van der Waals surface area contributed by atoms with Crippen LogP contribution in [0.25, 0.3) is 0 Å². The van der Waals surface area contributed by atoms with Crippen molar-refractivity contribution in [3.8, 4) is 0 Å². The molecule has 1 aliphatic carbocycles. The lowest BCUT2D eigenvalue weighted by Gasteiger charge is -2.15. The van der Waals surface area contributed by atoms with Crippen LogP contribution in [-0.4, -0.2) is 6.54 Å². The van der Waals surface area contributed by atoms with Crippen LogP contribution in [0.15, 0.2) is 12.1 Å². The zero-order valence-electron chi connectivity index (χ0n) is 10.5. The van der Waals surface area contributed by atoms with Gasteiger partial charge >= 0.3 is 0 Å². The maximum Gasteiger partial charge on any atom is 0.0299 e. The van der Waals surface area contributed by atoms with Gasteiger partial charge in [-0.25, -0.2) is 0 Å². The fourth-order valence-corrected chi connectivity index (χ4v) is 3.54. The third-order valence-corrected chi connectivity index (χ3v) is 5.04. The predicted molar refractivity (Wildman–Crippen MR) is 71.9 cm³/mol. The third-order valence-electron chi connectivity index (χ3n) is 3.81. The lowest BCUT2D eigenvalue weighted by Crippen LogP contribution is -2.23. The Morgan fingerprint density at radius 3 is 2.75 bits per heavy atom. The first-order chi connectivity index (χ1) is 7.79. The van der Waals surface area contributed by atoms with Crippen LogP contribution in [0.4, 0.5) is 0 Å². The molecule has 1 aliphatic rings. The minimum absolute atomic E-state index is 0.922. The van der Waals surface area contributed by atoms with E-state index in [4.69, 9.17) is 0 Å². The van der Waals surface area contributed by atoms with Crippen LogP contribution in [0.2, 0.25) is 0 Å². The van der Waals surface area contributed by atoms with Crippen molar-refractivity contribution in [1.29, 1.82) is 0 Å². The molecule has 16 heavy (non-hydrogen) atoms. The minimum atomic E-state index is 0.922. The predicted octanol–water partition coefficient (Wildman–Crippen LogP) is 3.84. The first-order valence-corrected chi connectivity index (χ1v) is 7.39. The molecule has 90 valence electrons. The molecular formula is C14H23NS. The first-order valence-electron chi connectivity index (χ1n) is 6.58. The molecule has 2 rings (SSSR count). The first kappa shape index (κ1) is 12.1. The highest BCUT2D eigenvalue weighted by molar-refractivity contribution is 7.11. The largest absolute Gasteiger partial charge is 0.312 e. The van der Waals surface area contributed by atoms with Gasteiger partial charge in [-0.15, -0.1) is 11.3 Å². The number of nitrogens with one attached hydrogen (secondary N) is 1. The molecule has 0 bridgehead atoms. The van der Waals surface area contributed by atoms with E-state index in [1.54, 1.807) is 0 Å². The van der Waals surface area contributed by atoms with Crippen molar-refractivity contribution in [2.24, 2.45) is 11.8 Å². The van der Waals surface area contributed by atoms with Gasteiger partial charge in [-0.05, 0) is 43.4 Å². The topological polar surface area (TPSA) is 12.0 Å². The van der Waals surface area contributed by atoms with Crippen LogP contribution in [0, 0.1) is 11.8 Å². The van der Waals surface area contributed by atoms with Gasteiger partial charge in [-0.2, -0.15) is 0 Å². The Labute approximate surface area is 103 Å². The number of rotatable bonds is 5. The molecule has 1 aromatic rings. The minimum Gasteiger partial charge on any atom is -0.312 e. The maximum absolute atomic E-state index is 3.62. The zero-order valence-corrected chi connectivity index (χ0v) is 11.3. The number of hydrogen-bond acceptors (Lipinski definition) is 2. The molecule has 1 N–H and O–H groups in total. The molecule has 1 heterocycles. The average molecular weight is 237 g/mol. The summed E-state index contributed by atoms with van der Waals surface area (Å²) in [5.41, 5.74) is 0. The van der Waals surface area contributed by atoms with Gasteiger partial charge in [0, 0.05) is 16.3 Å². The molecule has 2 heteroatoms. The standard InChI is InChI=1S/C14H23NS/c1-3-13-7-8-14(16-13)10-15-9-12-6-4-5-11(12)2/h7-8,11-12,15H,3-6,9-10H2,1-2H3. The molecule has 0 aliphatic heterocycles. The summed E-state index contributed by atoms with van der Waals surface area (Å²) in [6.07, 6.45) is 5.47. The summed E-state index contributed by atoms with van der Waals surface area (Å²) in [5, 5.41) is 3.62. The SMILES string of the molecule is CCc1ccc(CNCC2CCCC2C)s1. The normalized spacial score (nSPS) is 25.1. The van der Waals surface area contributed by atoms with Crippen molar-refractivity contribution in [3.63, 3.8) is 0 Å². The molecule has 0 aromatic carbocycles. The summed E-state index contributed by atoms with van der Waals surface area (Å²) < 4.78 is 0. The Kier molecular flexibility index (Phi) is 4.42. The molecule has 0 radical (unpaired) electrons. The van der Waals surface area contributed by atoms with Gasteiger partial charge in [0.25, 0.3) is 0 Å². The van der Waals surface area contributed by atoms with Gasteiger partial charge in [0.15, 0.2) is 0 Å². The second-order valence-corrected chi connectivity index (χ2v) is 6.27. The third kappa shape index (κ3) is 3.08. The quantitative estimate of drug-likeness (QED) is 0.820. The smallest absolute Gasteiger partial charge is 0.0299 e. The van der Waals surface area contributed by atoms with E-state index >= 15 is 0 Å². The number of thiophene rings is 1. The Hall–Kier alpha value is -0.340. The fourth-order valence-electron chi connectivity index (χ4n) is 2.61. The van der Waals surface area contributed by atoms with Gasteiger partial charge < -0.3 is 5.32 Å². The molecule has 0 spiro atoms. The van der Waals surface area contributed by atoms with Crippen LogP contribution in [0.5, 0.6) is 0 Å². The molecule has 0 saturated heterocycles. The summed E-state index contributed by atoms with van der Waals surface area (Å²) in [6.45, 7) is 6.90. The van der Waals surface area contributed by atoms with Crippen molar-refractivity contribution < 1.29 is 0 Å². The van der Waals surface area contributed by atoms with Crippen LogP contribution in [0.1, 0.15) is 42.9 Å². The second-order valence-electron chi connectivity index (χ2n) is 5.02. The van der Waals surface area contributed by atoms with E-state index in [2.05, 4.69) is 31.3 Å². The van der Waals surface area contributed by atoms with E-state index in [-0.39, 0.29) is 0 Å². The Morgan fingerprint density at radius 1 is 1.31 bits per heavy atom. The highest BCUT2D eigenvalue weighted by Gasteiger charge is 2.22. The number of hydrogen-bond donors (Lipinski definition) is 1. The van der Waals surface area contributed by atoms with E-state index in [0.717, 1.165) is 18.4 Å². The molecular weight excluding hydrogens is 214 g/mol. The van der Waals surface area contributed by atoms with Gasteiger partial charge in [0.1, 0.15) is 0 Å². The Bertz CT molecular complexity index is 318. The monoisotopic (exact) mass is 237 g/mol. The lowest BCUT2D eigenvalue weighted by molar-refractivity contribution is 0.392. The van der Waals surface area contributed by atoms with Crippen molar-refractivity contribution in [2.45, 2.75) is 46.1 Å². The summed E-state index contributed by atoms with van der Waals surface area (Å²) in [6, 6.07) is 4.54.